The van der Waals surface area contributed by atoms with E-state index in [1.165, 1.54) is 30.5 Å². The highest BCUT2D eigenvalue weighted by molar-refractivity contribution is 5.95. The predicted octanol–water partition coefficient (Wildman–Crippen LogP) is 1.85. The number of nitrogens with one attached hydrogen (secondary N) is 1. The van der Waals surface area contributed by atoms with Crippen LogP contribution in [-0.2, 0) is 0 Å². The van der Waals surface area contributed by atoms with Gasteiger partial charge in [0.15, 0.2) is 0 Å². The van der Waals surface area contributed by atoms with Crippen molar-refractivity contribution in [1.29, 1.82) is 0 Å². The Morgan fingerprint density at radius 1 is 1.05 bits per heavy atom. The molecule has 0 spiro atoms. The second-order valence-corrected chi connectivity index (χ2v) is 4.18. The molecule has 106 valence electrons. The van der Waals surface area contributed by atoms with Gasteiger partial charge in [-0.05, 0) is 35.9 Å². The van der Waals surface area contributed by atoms with Crippen molar-refractivity contribution in [3.63, 3.8) is 0 Å². The fourth-order valence-corrected chi connectivity index (χ4v) is 1.59. The number of amides is 1. The molecule has 0 unspecified atom stereocenters. The van der Waals surface area contributed by atoms with E-state index >= 15 is 0 Å². The summed E-state index contributed by atoms with van der Waals surface area (Å²) in [6.07, 6.45) is 1.40. The van der Waals surface area contributed by atoms with Crippen molar-refractivity contribution >= 4 is 18.1 Å². The summed E-state index contributed by atoms with van der Waals surface area (Å²) in [6.45, 7) is 0. The molecular formula is C15H12N2O4. The fourth-order valence-electron chi connectivity index (χ4n) is 1.59. The third-order valence-electron chi connectivity index (χ3n) is 2.65. The highest BCUT2D eigenvalue weighted by atomic mass is 16.4. The van der Waals surface area contributed by atoms with Gasteiger partial charge in [0.2, 0.25) is 0 Å². The van der Waals surface area contributed by atoms with Gasteiger partial charge in [0.05, 0.1) is 11.8 Å². The normalized spacial score (nSPS) is 10.5. The minimum atomic E-state index is -1.00. The van der Waals surface area contributed by atoms with E-state index in [-0.39, 0.29) is 16.9 Å². The summed E-state index contributed by atoms with van der Waals surface area (Å²) in [5.74, 6) is -1.46. The van der Waals surface area contributed by atoms with E-state index in [9.17, 15) is 14.7 Å². The smallest absolute Gasteiger partial charge is 0.335 e. The minimum Gasteiger partial charge on any atom is -0.508 e. The number of nitrogens with zero attached hydrogens (tertiary/aromatic N) is 1. The molecule has 0 aliphatic heterocycles. The first-order valence-electron chi connectivity index (χ1n) is 6.02. The number of carboxylic acid groups (broad SMARTS) is 1. The Morgan fingerprint density at radius 2 is 1.76 bits per heavy atom. The van der Waals surface area contributed by atoms with E-state index in [2.05, 4.69) is 10.5 Å². The molecule has 0 aliphatic carbocycles. The van der Waals surface area contributed by atoms with Crippen molar-refractivity contribution < 1.29 is 19.8 Å². The molecule has 0 saturated heterocycles. The summed E-state index contributed by atoms with van der Waals surface area (Å²) in [6, 6.07) is 11.9. The van der Waals surface area contributed by atoms with Crippen LogP contribution in [0, 0.1) is 0 Å². The van der Waals surface area contributed by atoms with Gasteiger partial charge in [-0.25, -0.2) is 10.2 Å². The SMILES string of the molecule is O=C(O)c1ccc(/C=N\NC(=O)c2cccc(O)c2)cc1. The quantitative estimate of drug-likeness (QED) is 0.589. The minimum absolute atomic E-state index is 0.00381. The molecule has 0 aliphatic rings. The number of rotatable bonds is 4. The Labute approximate surface area is 120 Å². The van der Waals surface area contributed by atoms with E-state index < -0.39 is 11.9 Å². The molecule has 0 heterocycles. The Morgan fingerprint density at radius 3 is 2.38 bits per heavy atom. The van der Waals surface area contributed by atoms with Crippen molar-refractivity contribution in [3.05, 3.63) is 65.2 Å². The zero-order valence-corrected chi connectivity index (χ0v) is 10.9. The van der Waals surface area contributed by atoms with E-state index in [0.29, 0.717) is 5.56 Å². The molecule has 0 bridgehead atoms. The molecule has 2 rings (SSSR count). The first-order valence-corrected chi connectivity index (χ1v) is 6.02. The molecule has 0 radical (unpaired) electrons. The van der Waals surface area contributed by atoms with Crippen LogP contribution in [0.25, 0.3) is 0 Å². The molecule has 1 amide bonds. The third-order valence-corrected chi connectivity index (χ3v) is 2.65. The number of aromatic carboxylic acids is 1. The van der Waals surface area contributed by atoms with Crippen molar-refractivity contribution in [1.82, 2.24) is 5.43 Å². The molecule has 6 nitrogen and oxygen atoms in total. The third kappa shape index (κ3) is 3.90. The molecule has 2 aromatic rings. The van der Waals surface area contributed by atoms with E-state index in [1.54, 1.807) is 24.3 Å². The van der Waals surface area contributed by atoms with Crippen molar-refractivity contribution in [2.75, 3.05) is 0 Å². The van der Waals surface area contributed by atoms with Gasteiger partial charge in [-0.1, -0.05) is 18.2 Å². The number of hydrazone groups is 1. The van der Waals surface area contributed by atoms with E-state index in [4.69, 9.17) is 5.11 Å². The zero-order valence-electron chi connectivity index (χ0n) is 10.9. The maximum Gasteiger partial charge on any atom is 0.335 e. The number of phenolic OH excluding ortho intramolecular Hbond substituents is 1. The zero-order chi connectivity index (χ0) is 15.2. The maximum atomic E-state index is 11.7. The first kappa shape index (κ1) is 14.3. The maximum absolute atomic E-state index is 11.7. The number of carbonyl (C=O) groups excluding carboxylic acids is 1. The van der Waals surface area contributed by atoms with Gasteiger partial charge >= 0.3 is 5.97 Å². The Bertz CT molecular complexity index is 693. The number of benzene rings is 2. The molecular weight excluding hydrogens is 272 g/mol. The van der Waals surface area contributed by atoms with Gasteiger partial charge in [0, 0.05) is 5.56 Å². The summed E-state index contributed by atoms with van der Waals surface area (Å²) in [4.78, 5) is 22.4. The Kier molecular flexibility index (Phi) is 4.30. The van der Waals surface area contributed by atoms with Crippen molar-refractivity contribution in [2.45, 2.75) is 0 Å². The molecule has 2 aromatic carbocycles. The lowest BCUT2D eigenvalue weighted by Gasteiger charge is -2.00. The van der Waals surface area contributed by atoms with Crippen LogP contribution >= 0.6 is 0 Å². The van der Waals surface area contributed by atoms with Crippen LogP contribution in [0.2, 0.25) is 0 Å². The average molecular weight is 284 g/mol. The van der Waals surface area contributed by atoms with Crippen LogP contribution in [0.1, 0.15) is 26.3 Å². The fraction of sp³-hybridized carbons (Fsp3) is 0. The molecule has 3 N–H and O–H groups in total. The lowest BCUT2D eigenvalue weighted by molar-refractivity contribution is 0.0696. The largest absolute Gasteiger partial charge is 0.508 e. The second kappa shape index (κ2) is 6.33. The molecule has 0 saturated carbocycles. The highest BCUT2D eigenvalue weighted by Crippen LogP contribution is 2.10. The summed E-state index contributed by atoms with van der Waals surface area (Å²) >= 11 is 0. The standard InChI is InChI=1S/C15H12N2O4/c18-13-3-1-2-12(8-13)14(19)17-16-9-10-4-6-11(7-5-10)15(20)21/h1-9,18H,(H,17,19)(H,20,21)/b16-9-. The number of phenols is 1. The molecule has 0 atom stereocenters. The van der Waals surface area contributed by atoms with Crippen LogP contribution in [0.3, 0.4) is 0 Å². The van der Waals surface area contributed by atoms with Crippen LogP contribution in [0.15, 0.2) is 53.6 Å². The summed E-state index contributed by atoms with van der Waals surface area (Å²) in [5, 5.41) is 21.8. The highest BCUT2D eigenvalue weighted by Gasteiger charge is 2.04. The molecule has 6 heteroatoms. The second-order valence-electron chi connectivity index (χ2n) is 4.18. The van der Waals surface area contributed by atoms with Gasteiger partial charge in [-0.2, -0.15) is 5.10 Å². The van der Waals surface area contributed by atoms with Crippen LogP contribution in [0.5, 0.6) is 5.75 Å². The van der Waals surface area contributed by atoms with Gasteiger partial charge < -0.3 is 10.2 Å². The van der Waals surface area contributed by atoms with Gasteiger partial charge in [-0.15, -0.1) is 0 Å². The van der Waals surface area contributed by atoms with Gasteiger partial charge in [0.1, 0.15) is 5.75 Å². The molecule has 0 aromatic heterocycles. The Balaban J connectivity index is 1.99. The predicted molar refractivity (Wildman–Crippen MR) is 76.6 cm³/mol. The van der Waals surface area contributed by atoms with Crippen LogP contribution in [-0.4, -0.2) is 28.3 Å². The monoisotopic (exact) mass is 284 g/mol. The summed E-state index contributed by atoms with van der Waals surface area (Å²) in [5.41, 5.74) is 3.43. The number of carboxylic acids is 1. The van der Waals surface area contributed by atoms with Crippen LogP contribution < -0.4 is 5.43 Å². The van der Waals surface area contributed by atoms with Crippen LogP contribution in [0.4, 0.5) is 0 Å². The van der Waals surface area contributed by atoms with E-state index in [1.807, 2.05) is 0 Å². The topological polar surface area (TPSA) is 99.0 Å². The number of carbonyl (C=O) groups is 2. The first-order chi connectivity index (χ1) is 10.1. The lowest BCUT2D eigenvalue weighted by Crippen LogP contribution is -2.17. The average Bonchev–Trinajstić information content (AvgIpc) is 2.47. The number of hydrogen-bond acceptors (Lipinski definition) is 4. The van der Waals surface area contributed by atoms with Crippen molar-refractivity contribution in [2.24, 2.45) is 5.10 Å². The van der Waals surface area contributed by atoms with Gasteiger partial charge in [-0.3, -0.25) is 4.79 Å². The summed E-state index contributed by atoms with van der Waals surface area (Å²) in [7, 11) is 0. The Hall–Kier alpha value is -3.15. The van der Waals surface area contributed by atoms with E-state index in [0.717, 1.165) is 0 Å². The number of aromatic hydroxyl groups is 1. The number of hydrogen-bond donors (Lipinski definition) is 3. The molecule has 21 heavy (non-hydrogen) atoms. The summed E-state index contributed by atoms with van der Waals surface area (Å²) < 4.78 is 0. The van der Waals surface area contributed by atoms with Gasteiger partial charge in [0.25, 0.3) is 5.91 Å². The molecule has 0 fully saturated rings. The van der Waals surface area contributed by atoms with Crippen molar-refractivity contribution in [3.8, 4) is 5.75 Å². The lowest BCUT2D eigenvalue weighted by atomic mass is 10.1.